The average Bonchev–Trinajstić information content (AvgIpc) is 2.89. The molecular weight excluding hydrogens is 272 g/mol. The van der Waals surface area contributed by atoms with Gasteiger partial charge in [0.1, 0.15) is 0 Å². The molecule has 2 N–H and O–H groups in total. The molecule has 3 rings (SSSR count). The summed E-state index contributed by atoms with van der Waals surface area (Å²) < 4.78 is 0. The Kier molecular flexibility index (Phi) is 3.92. The van der Waals surface area contributed by atoms with Crippen LogP contribution in [0.4, 0.5) is 5.95 Å². The summed E-state index contributed by atoms with van der Waals surface area (Å²) in [5, 5.41) is 4.24. The number of aromatic nitrogens is 2. The molecule has 1 heterocycles. The number of nitrogens with one attached hydrogen (secondary N) is 2. The van der Waals surface area contributed by atoms with Gasteiger partial charge in [-0.25, -0.2) is 10.4 Å². The second kappa shape index (κ2) is 6.02. The van der Waals surface area contributed by atoms with Gasteiger partial charge in [-0.1, -0.05) is 44.2 Å². The normalized spacial score (nSPS) is 11.6. The van der Waals surface area contributed by atoms with E-state index in [-0.39, 0.29) is 0 Å². The smallest absolute Gasteiger partial charge is 0.222 e. The monoisotopic (exact) mass is 292 g/mol. The third-order valence-corrected chi connectivity index (χ3v) is 3.62. The number of fused-ring (bicyclic) bond motifs is 1. The Bertz CT molecular complexity index is 798. The van der Waals surface area contributed by atoms with Gasteiger partial charge in [0.2, 0.25) is 5.95 Å². The molecule has 4 nitrogen and oxygen atoms in total. The van der Waals surface area contributed by atoms with E-state index in [1.807, 2.05) is 12.1 Å². The van der Waals surface area contributed by atoms with Crippen LogP contribution in [0.25, 0.3) is 11.0 Å². The molecule has 22 heavy (non-hydrogen) atoms. The fourth-order valence-electron chi connectivity index (χ4n) is 2.31. The van der Waals surface area contributed by atoms with E-state index < -0.39 is 0 Å². The molecule has 0 aliphatic rings. The van der Waals surface area contributed by atoms with Crippen LogP contribution in [0.3, 0.4) is 0 Å². The van der Waals surface area contributed by atoms with E-state index in [2.05, 4.69) is 71.6 Å². The van der Waals surface area contributed by atoms with E-state index in [9.17, 15) is 0 Å². The Hall–Kier alpha value is -2.62. The lowest BCUT2D eigenvalue weighted by Crippen LogP contribution is -1.93. The maximum atomic E-state index is 4.44. The number of H-pyrrole nitrogens is 1. The van der Waals surface area contributed by atoms with E-state index in [1.165, 1.54) is 11.1 Å². The van der Waals surface area contributed by atoms with Crippen LogP contribution in [0.2, 0.25) is 0 Å². The highest BCUT2D eigenvalue weighted by atomic mass is 15.3. The lowest BCUT2D eigenvalue weighted by atomic mass is 10.0. The van der Waals surface area contributed by atoms with E-state index in [0.717, 1.165) is 16.6 Å². The van der Waals surface area contributed by atoms with Gasteiger partial charge < -0.3 is 4.98 Å². The molecule has 2 aromatic carbocycles. The van der Waals surface area contributed by atoms with Gasteiger partial charge in [0.25, 0.3) is 0 Å². The zero-order valence-corrected chi connectivity index (χ0v) is 13.1. The Balaban J connectivity index is 1.70. The van der Waals surface area contributed by atoms with Gasteiger partial charge in [0.05, 0.1) is 17.2 Å². The molecule has 0 aliphatic carbocycles. The minimum absolute atomic E-state index is 0.545. The highest BCUT2D eigenvalue weighted by molar-refractivity contribution is 5.81. The zero-order chi connectivity index (χ0) is 15.5. The molecule has 0 aliphatic heterocycles. The maximum absolute atomic E-state index is 4.44. The first kappa shape index (κ1) is 14.3. The SMILES string of the molecule is Cc1ccc2nc(N/N=C\c3ccc(C(C)C)cc3)[nH]c2c1. The third kappa shape index (κ3) is 3.17. The first-order chi connectivity index (χ1) is 10.6. The fraction of sp³-hybridized carbons (Fsp3) is 0.222. The predicted molar refractivity (Wildman–Crippen MR) is 92.6 cm³/mol. The van der Waals surface area contributed by atoms with Gasteiger partial charge in [-0.05, 0) is 41.7 Å². The van der Waals surface area contributed by atoms with Crippen molar-refractivity contribution in [1.29, 1.82) is 0 Å². The summed E-state index contributed by atoms with van der Waals surface area (Å²) in [7, 11) is 0. The second-order valence-electron chi connectivity index (χ2n) is 5.80. The quantitative estimate of drug-likeness (QED) is 0.551. The van der Waals surface area contributed by atoms with Crippen molar-refractivity contribution < 1.29 is 0 Å². The molecule has 0 radical (unpaired) electrons. The van der Waals surface area contributed by atoms with Crippen molar-refractivity contribution in [3.05, 3.63) is 59.2 Å². The van der Waals surface area contributed by atoms with E-state index in [1.54, 1.807) is 6.21 Å². The average molecular weight is 292 g/mol. The summed E-state index contributed by atoms with van der Waals surface area (Å²) in [6, 6.07) is 14.5. The number of benzene rings is 2. The minimum atomic E-state index is 0.545. The molecule has 0 saturated heterocycles. The zero-order valence-electron chi connectivity index (χ0n) is 13.1. The molecule has 0 bridgehead atoms. The standard InChI is InChI=1S/C18H20N4/c1-12(2)15-7-5-14(6-8-15)11-19-22-18-20-16-9-4-13(3)10-17(16)21-18/h4-12H,1-3H3,(H2,20,21,22)/b19-11-. The largest absolute Gasteiger partial charge is 0.323 e. The number of hydrazone groups is 1. The minimum Gasteiger partial charge on any atom is -0.323 e. The highest BCUT2D eigenvalue weighted by Gasteiger charge is 2.01. The van der Waals surface area contributed by atoms with Gasteiger partial charge in [-0.15, -0.1) is 0 Å². The van der Waals surface area contributed by atoms with E-state index in [4.69, 9.17) is 0 Å². The number of hydrogen-bond donors (Lipinski definition) is 2. The second-order valence-corrected chi connectivity index (χ2v) is 5.80. The number of anilines is 1. The molecule has 0 atom stereocenters. The fourth-order valence-corrected chi connectivity index (χ4v) is 2.31. The third-order valence-electron chi connectivity index (χ3n) is 3.62. The Morgan fingerprint density at radius 3 is 2.64 bits per heavy atom. The number of aryl methyl sites for hydroxylation is 1. The highest BCUT2D eigenvalue weighted by Crippen LogP contribution is 2.16. The van der Waals surface area contributed by atoms with Gasteiger partial charge in [0.15, 0.2) is 0 Å². The van der Waals surface area contributed by atoms with Gasteiger partial charge in [-0.3, -0.25) is 0 Å². The Labute approximate surface area is 130 Å². The molecule has 112 valence electrons. The van der Waals surface area contributed by atoms with Crippen LogP contribution in [0.5, 0.6) is 0 Å². The lowest BCUT2D eigenvalue weighted by molar-refractivity contribution is 0.866. The number of hydrogen-bond acceptors (Lipinski definition) is 3. The van der Waals surface area contributed by atoms with Gasteiger partial charge >= 0.3 is 0 Å². The summed E-state index contributed by atoms with van der Waals surface area (Å²) in [5.41, 5.74) is 8.49. The van der Waals surface area contributed by atoms with Crippen molar-refractivity contribution in [1.82, 2.24) is 9.97 Å². The Morgan fingerprint density at radius 2 is 1.91 bits per heavy atom. The first-order valence-corrected chi connectivity index (χ1v) is 7.47. The molecule has 0 unspecified atom stereocenters. The summed E-state index contributed by atoms with van der Waals surface area (Å²) in [4.78, 5) is 7.65. The van der Waals surface area contributed by atoms with Crippen molar-refractivity contribution in [2.75, 3.05) is 5.43 Å². The van der Waals surface area contributed by atoms with Crippen LogP contribution in [-0.4, -0.2) is 16.2 Å². The van der Waals surface area contributed by atoms with E-state index >= 15 is 0 Å². The van der Waals surface area contributed by atoms with Gasteiger partial charge in [0, 0.05) is 0 Å². The number of rotatable bonds is 4. The van der Waals surface area contributed by atoms with Crippen LogP contribution in [-0.2, 0) is 0 Å². The predicted octanol–water partition coefficient (Wildman–Crippen LogP) is 4.44. The van der Waals surface area contributed by atoms with E-state index in [0.29, 0.717) is 11.9 Å². The van der Waals surface area contributed by atoms with Crippen LogP contribution in [0.1, 0.15) is 36.5 Å². The number of aromatic amines is 1. The van der Waals surface area contributed by atoms with Crippen molar-refractivity contribution in [3.8, 4) is 0 Å². The molecular formula is C18H20N4. The van der Waals surface area contributed by atoms with Gasteiger partial charge in [-0.2, -0.15) is 5.10 Å². The van der Waals surface area contributed by atoms with Crippen LogP contribution >= 0.6 is 0 Å². The van der Waals surface area contributed by atoms with Crippen molar-refractivity contribution in [3.63, 3.8) is 0 Å². The summed E-state index contributed by atoms with van der Waals surface area (Å²) in [6.07, 6.45) is 1.79. The Morgan fingerprint density at radius 1 is 1.14 bits per heavy atom. The summed E-state index contributed by atoms with van der Waals surface area (Å²) in [6.45, 7) is 6.44. The van der Waals surface area contributed by atoms with Crippen LogP contribution < -0.4 is 5.43 Å². The number of nitrogens with zero attached hydrogens (tertiary/aromatic N) is 2. The van der Waals surface area contributed by atoms with Crippen molar-refractivity contribution in [2.45, 2.75) is 26.7 Å². The van der Waals surface area contributed by atoms with Crippen molar-refractivity contribution in [2.24, 2.45) is 5.10 Å². The lowest BCUT2D eigenvalue weighted by Gasteiger charge is -2.04. The van der Waals surface area contributed by atoms with Crippen molar-refractivity contribution >= 4 is 23.2 Å². The molecule has 0 amide bonds. The molecule has 4 heteroatoms. The summed E-state index contributed by atoms with van der Waals surface area (Å²) >= 11 is 0. The molecule has 0 saturated carbocycles. The maximum Gasteiger partial charge on any atom is 0.222 e. The van der Waals surface area contributed by atoms with Crippen LogP contribution in [0, 0.1) is 6.92 Å². The molecule has 0 fully saturated rings. The molecule has 1 aromatic heterocycles. The topological polar surface area (TPSA) is 53.1 Å². The summed E-state index contributed by atoms with van der Waals surface area (Å²) in [5.74, 6) is 1.19. The number of imidazole rings is 1. The first-order valence-electron chi connectivity index (χ1n) is 7.47. The van der Waals surface area contributed by atoms with Crippen LogP contribution in [0.15, 0.2) is 47.6 Å². The molecule has 3 aromatic rings. The molecule has 0 spiro atoms.